The van der Waals surface area contributed by atoms with E-state index in [1.54, 1.807) is 6.07 Å². The maximum atomic E-state index is 11.9. The SMILES string of the molecule is CNS(=O)(=O)n1cc([C@@H]2CCCN(CCC(N)=O)C2)ccc1=O. The average molecular weight is 342 g/mol. The lowest BCUT2D eigenvalue weighted by Gasteiger charge is -2.32. The number of carbonyl (C=O) groups excluding carboxylic acids is 1. The summed E-state index contributed by atoms with van der Waals surface area (Å²) in [5.74, 6) is -0.212. The predicted molar refractivity (Wildman–Crippen MR) is 86.3 cm³/mol. The highest BCUT2D eigenvalue weighted by Gasteiger charge is 2.23. The Balaban J connectivity index is 2.20. The molecule has 0 saturated carbocycles. The molecule has 1 aromatic heterocycles. The number of hydrogen-bond donors (Lipinski definition) is 2. The summed E-state index contributed by atoms with van der Waals surface area (Å²) in [5, 5.41) is 0. The number of nitrogens with one attached hydrogen (secondary N) is 1. The summed E-state index contributed by atoms with van der Waals surface area (Å²) in [6.45, 7) is 2.20. The van der Waals surface area contributed by atoms with E-state index in [-0.39, 0.29) is 11.8 Å². The molecule has 9 heteroatoms. The van der Waals surface area contributed by atoms with Crippen LogP contribution >= 0.6 is 0 Å². The van der Waals surface area contributed by atoms with E-state index < -0.39 is 15.8 Å². The fourth-order valence-corrected chi connectivity index (χ4v) is 3.56. The maximum Gasteiger partial charge on any atom is 0.307 e. The van der Waals surface area contributed by atoms with Crippen LogP contribution in [0.1, 0.15) is 30.7 Å². The van der Waals surface area contributed by atoms with Gasteiger partial charge in [0.25, 0.3) is 5.56 Å². The van der Waals surface area contributed by atoms with Crippen molar-refractivity contribution in [3.8, 4) is 0 Å². The number of hydrogen-bond acceptors (Lipinski definition) is 5. The van der Waals surface area contributed by atoms with Crippen LogP contribution in [0.3, 0.4) is 0 Å². The number of piperidine rings is 1. The molecular weight excluding hydrogens is 320 g/mol. The van der Waals surface area contributed by atoms with E-state index in [0.29, 0.717) is 19.5 Å². The minimum atomic E-state index is -3.85. The van der Waals surface area contributed by atoms with Crippen LogP contribution < -0.4 is 16.0 Å². The Labute approximate surface area is 135 Å². The van der Waals surface area contributed by atoms with Crippen molar-refractivity contribution in [2.24, 2.45) is 5.73 Å². The van der Waals surface area contributed by atoms with Gasteiger partial charge in [0, 0.05) is 38.8 Å². The van der Waals surface area contributed by atoms with E-state index in [4.69, 9.17) is 5.73 Å². The molecule has 0 unspecified atom stereocenters. The lowest BCUT2D eigenvalue weighted by atomic mass is 9.91. The molecule has 0 spiro atoms. The Kier molecular flexibility index (Phi) is 5.55. The van der Waals surface area contributed by atoms with E-state index in [2.05, 4.69) is 9.62 Å². The van der Waals surface area contributed by atoms with Crippen LogP contribution in [0.5, 0.6) is 0 Å². The van der Waals surface area contributed by atoms with Gasteiger partial charge in [0.15, 0.2) is 0 Å². The van der Waals surface area contributed by atoms with Crippen LogP contribution in [0.15, 0.2) is 23.1 Å². The van der Waals surface area contributed by atoms with Gasteiger partial charge < -0.3 is 10.6 Å². The molecule has 1 aliphatic heterocycles. The smallest absolute Gasteiger partial charge is 0.307 e. The Morgan fingerprint density at radius 3 is 2.83 bits per heavy atom. The van der Waals surface area contributed by atoms with Crippen molar-refractivity contribution in [1.82, 2.24) is 13.6 Å². The number of nitrogens with zero attached hydrogens (tertiary/aromatic N) is 2. The van der Waals surface area contributed by atoms with Crippen LogP contribution in [0.4, 0.5) is 0 Å². The van der Waals surface area contributed by atoms with Gasteiger partial charge >= 0.3 is 10.2 Å². The van der Waals surface area contributed by atoms with Crippen molar-refractivity contribution >= 4 is 16.1 Å². The first-order chi connectivity index (χ1) is 10.8. The van der Waals surface area contributed by atoms with Crippen molar-refractivity contribution in [3.63, 3.8) is 0 Å². The van der Waals surface area contributed by atoms with Crippen molar-refractivity contribution in [1.29, 1.82) is 0 Å². The van der Waals surface area contributed by atoms with Gasteiger partial charge in [0.2, 0.25) is 5.91 Å². The summed E-state index contributed by atoms with van der Waals surface area (Å²) in [6, 6.07) is 2.94. The zero-order valence-corrected chi connectivity index (χ0v) is 13.9. The molecule has 0 radical (unpaired) electrons. The third-order valence-corrected chi connectivity index (χ3v) is 5.39. The number of aromatic nitrogens is 1. The highest BCUT2D eigenvalue weighted by atomic mass is 32.2. The molecule has 1 atom stereocenters. The Morgan fingerprint density at radius 1 is 1.43 bits per heavy atom. The number of pyridine rings is 1. The van der Waals surface area contributed by atoms with Gasteiger partial charge in [0.1, 0.15) is 0 Å². The highest BCUT2D eigenvalue weighted by molar-refractivity contribution is 7.87. The summed E-state index contributed by atoms with van der Waals surface area (Å²) in [5.41, 5.74) is 5.38. The number of rotatable bonds is 6. The zero-order valence-electron chi connectivity index (χ0n) is 13.1. The molecule has 3 N–H and O–H groups in total. The van der Waals surface area contributed by atoms with Gasteiger partial charge in [0.05, 0.1) is 0 Å². The molecule has 1 aliphatic rings. The fourth-order valence-electron chi connectivity index (χ4n) is 2.81. The summed E-state index contributed by atoms with van der Waals surface area (Å²) in [7, 11) is -2.58. The van der Waals surface area contributed by atoms with Crippen LogP contribution in [-0.4, -0.2) is 49.9 Å². The van der Waals surface area contributed by atoms with Crippen molar-refractivity contribution in [3.05, 3.63) is 34.2 Å². The number of primary amides is 1. The zero-order chi connectivity index (χ0) is 17.0. The van der Waals surface area contributed by atoms with Gasteiger partial charge in [-0.3, -0.25) is 9.59 Å². The van der Waals surface area contributed by atoms with Gasteiger partial charge in [-0.1, -0.05) is 6.07 Å². The Morgan fingerprint density at radius 2 is 2.17 bits per heavy atom. The van der Waals surface area contributed by atoms with E-state index in [1.807, 2.05) is 0 Å². The molecule has 1 saturated heterocycles. The molecule has 2 heterocycles. The molecular formula is C14H22N4O4S. The van der Waals surface area contributed by atoms with Crippen LogP contribution in [0, 0.1) is 0 Å². The second kappa shape index (κ2) is 7.24. The quantitative estimate of drug-likeness (QED) is 0.703. The van der Waals surface area contributed by atoms with Crippen LogP contribution in [0.2, 0.25) is 0 Å². The first-order valence-corrected chi connectivity index (χ1v) is 8.95. The first kappa shape index (κ1) is 17.6. The first-order valence-electron chi connectivity index (χ1n) is 7.51. The molecule has 2 rings (SSSR count). The Hall–Kier alpha value is -1.71. The van der Waals surface area contributed by atoms with Crippen LogP contribution in [0.25, 0.3) is 0 Å². The number of nitrogens with two attached hydrogens (primary N) is 1. The molecule has 8 nitrogen and oxygen atoms in total. The molecule has 0 aliphatic carbocycles. The maximum absolute atomic E-state index is 11.9. The number of likely N-dealkylation sites (tertiary alicyclic amines) is 1. The molecule has 1 amide bonds. The normalized spacial score (nSPS) is 19.6. The molecule has 128 valence electrons. The standard InChI is InChI=1S/C14H22N4O4S/c1-16-23(21,22)18-10-12(4-5-14(18)20)11-3-2-7-17(9-11)8-6-13(15)19/h4-5,10-11,16H,2-3,6-9H2,1H3,(H2,15,19)/t11-/m1/s1. The lowest BCUT2D eigenvalue weighted by Crippen LogP contribution is -2.38. The largest absolute Gasteiger partial charge is 0.370 e. The molecule has 0 bridgehead atoms. The van der Waals surface area contributed by atoms with Crippen molar-refractivity contribution < 1.29 is 13.2 Å². The minimum Gasteiger partial charge on any atom is -0.370 e. The number of amides is 1. The third-order valence-electron chi connectivity index (χ3n) is 4.07. The fraction of sp³-hybridized carbons (Fsp3) is 0.571. The van der Waals surface area contributed by atoms with E-state index in [9.17, 15) is 18.0 Å². The molecule has 1 fully saturated rings. The predicted octanol–water partition coefficient (Wildman–Crippen LogP) is -0.785. The van der Waals surface area contributed by atoms with Gasteiger partial charge in [-0.15, -0.1) is 0 Å². The molecule has 23 heavy (non-hydrogen) atoms. The minimum absolute atomic E-state index is 0.121. The van der Waals surface area contributed by atoms with E-state index >= 15 is 0 Å². The lowest BCUT2D eigenvalue weighted by molar-refractivity contribution is -0.118. The van der Waals surface area contributed by atoms with E-state index in [1.165, 1.54) is 19.3 Å². The molecule has 0 aromatic carbocycles. The van der Waals surface area contributed by atoms with Crippen molar-refractivity contribution in [2.45, 2.75) is 25.2 Å². The van der Waals surface area contributed by atoms with Crippen molar-refractivity contribution in [2.75, 3.05) is 26.7 Å². The Bertz CT molecular complexity index is 729. The molecule has 1 aromatic rings. The highest BCUT2D eigenvalue weighted by Crippen LogP contribution is 2.26. The average Bonchev–Trinajstić information content (AvgIpc) is 2.53. The summed E-state index contributed by atoms with van der Waals surface area (Å²) in [6.07, 6.45) is 3.54. The van der Waals surface area contributed by atoms with Crippen LogP contribution in [-0.2, 0) is 15.0 Å². The monoisotopic (exact) mass is 342 g/mol. The third kappa shape index (κ3) is 4.40. The van der Waals surface area contributed by atoms with Gasteiger partial charge in [-0.25, -0.2) is 4.72 Å². The summed E-state index contributed by atoms with van der Waals surface area (Å²) >= 11 is 0. The number of carbonyl (C=O) groups is 1. The summed E-state index contributed by atoms with van der Waals surface area (Å²) < 4.78 is 26.6. The topological polar surface area (TPSA) is 114 Å². The summed E-state index contributed by atoms with van der Waals surface area (Å²) in [4.78, 5) is 24.8. The van der Waals surface area contributed by atoms with Gasteiger partial charge in [-0.2, -0.15) is 12.4 Å². The second-order valence-corrected chi connectivity index (χ2v) is 7.41. The van der Waals surface area contributed by atoms with Gasteiger partial charge in [-0.05, 0) is 30.9 Å². The second-order valence-electron chi connectivity index (χ2n) is 5.66. The van der Waals surface area contributed by atoms with E-state index in [0.717, 1.165) is 28.9 Å².